The summed E-state index contributed by atoms with van der Waals surface area (Å²) in [6.45, 7) is 3.83. The van der Waals surface area contributed by atoms with Crippen molar-refractivity contribution in [2.45, 2.75) is 13.8 Å². The van der Waals surface area contributed by atoms with Crippen molar-refractivity contribution in [3.05, 3.63) is 16.1 Å². The molecule has 0 aromatic carbocycles. The van der Waals surface area contributed by atoms with Crippen LogP contribution in [-0.2, 0) is 0 Å². The highest BCUT2D eigenvalue weighted by Crippen LogP contribution is 2.26. The van der Waals surface area contributed by atoms with Crippen molar-refractivity contribution in [1.29, 1.82) is 0 Å². The molecule has 0 saturated carbocycles. The third kappa shape index (κ3) is 1.13. The van der Waals surface area contributed by atoms with Gasteiger partial charge in [0.25, 0.3) is 0 Å². The summed E-state index contributed by atoms with van der Waals surface area (Å²) in [6, 6.07) is 0. The fourth-order valence-corrected chi connectivity index (χ4v) is 2.73. The summed E-state index contributed by atoms with van der Waals surface area (Å²) in [5.41, 5.74) is 0.988. The Hall–Kier alpha value is -0.550. The van der Waals surface area contributed by atoms with E-state index in [1.165, 1.54) is 11.5 Å². The first-order valence-corrected chi connectivity index (χ1v) is 5.01. The number of hydrogen-bond donors (Lipinski definition) is 0. The maximum atomic E-state index is 4.27. The summed E-state index contributed by atoms with van der Waals surface area (Å²) < 4.78 is 5.05. The number of nitrogens with zero attached hydrogens (tertiary/aromatic N) is 3. The minimum absolute atomic E-state index is 0.776. The molecule has 0 unspecified atom stereocenters. The third-order valence-corrected chi connectivity index (χ3v) is 2.98. The first-order valence-electron chi connectivity index (χ1n) is 3.44. The molecule has 0 spiro atoms. The van der Waals surface area contributed by atoms with Crippen LogP contribution < -0.4 is 0 Å². The highest BCUT2D eigenvalue weighted by atomic mass is 79.9. The Morgan fingerprint density at radius 3 is 2.75 bits per heavy atom. The molecule has 2 aromatic rings. The highest BCUT2D eigenvalue weighted by molar-refractivity contribution is 9.10. The van der Waals surface area contributed by atoms with Gasteiger partial charge in [0.2, 0.25) is 0 Å². The van der Waals surface area contributed by atoms with Gasteiger partial charge in [-0.3, -0.25) is 0 Å². The van der Waals surface area contributed by atoms with E-state index < -0.39 is 0 Å². The van der Waals surface area contributed by atoms with Gasteiger partial charge in [-0.1, -0.05) is 0 Å². The van der Waals surface area contributed by atoms with Gasteiger partial charge in [-0.25, -0.2) is 9.97 Å². The van der Waals surface area contributed by atoms with Crippen molar-refractivity contribution < 1.29 is 0 Å². The third-order valence-electron chi connectivity index (χ3n) is 1.57. The van der Waals surface area contributed by atoms with Crippen molar-refractivity contribution in [2.75, 3.05) is 0 Å². The molecule has 0 saturated heterocycles. The Morgan fingerprint density at radius 1 is 1.25 bits per heavy atom. The Balaban J connectivity index is 2.93. The number of hydrogen-bond acceptors (Lipinski definition) is 4. The number of aryl methyl sites for hydroxylation is 2. The standard InChI is InChI=1S/C7H6BrN3S/c1-3-5-6(8)9-4(2)10-7(5)12-11-3/h1-2H3. The molecule has 2 rings (SSSR count). The van der Waals surface area contributed by atoms with Gasteiger partial charge in [-0.15, -0.1) is 0 Å². The molecule has 0 N–H and O–H groups in total. The zero-order valence-electron chi connectivity index (χ0n) is 6.63. The van der Waals surface area contributed by atoms with Crippen LogP contribution >= 0.6 is 27.5 Å². The van der Waals surface area contributed by atoms with Crippen LogP contribution in [0.25, 0.3) is 10.2 Å². The largest absolute Gasteiger partial charge is 0.226 e. The fraction of sp³-hybridized carbons (Fsp3) is 0.286. The van der Waals surface area contributed by atoms with E-state index in [0.29, 0.717) is 0 Å². The van der Waals surface area contributed by atoms with Gasteiger partial charge in [-0.05, 0) is 41.3 Å². The fourth-order valence-electron chi connectivity index (χ4n) is 1.04. The van der Waals surface area contributed by atoms with Crippen LogP contribution in [-0.4, -0.2) is 14.3 Å². The van der Waals surface area contributed by atoms with Gasteiger partial charge in [0, 0.05) is 0 Å². The number of fused-ring (bicyclic) bond motifs is 1. The molecule has 12 heavy (non-hydrogen) atoms. The molecule has 0 aliphatic rings. The summed E-state index contributed by atoms with van der Waals surface area (Å²) in [5.74, 6) is 0.776. The Bertz CT molecular complexity index is 437. The van der Waals surface area contributed by atoms with Crippen LogP contribution in [0.3, 0.4) is 0 Å². The summed E-state index contributed by atoms with van der Waals surface area (Å²) >= 11 is 4.80. The van der Waals surface area contributed by atoms with Crippen molar-refractivity contribution in [1.82, 2.24) is 14.3 Å². The molecule has 2 heterocycles. The van der Waals surface area contributed by atoms with Gasteiger partial charge >= 0.3 is 0 Å². The molecule has 0 radical (unpaired) electrons. The van der Waals surface area contributed by atoms with E-state index in [0.717, 1.165) is 26.3 Å². The first-order chi connectivity index (χ1) is 5.68. The van der Waals surface area contributed by atoms with E-state index in [1.54, 1.807) is 0 Å². The predicted molar refractivity (Wildman–Crippen MR) is 52.4 cm³/mol. The second-order valence-electron chi connectivity index (χ2n) is 2.51. The maximum absolute atomic E-state index is 4.27. The molecule has 0 fully saturated rings. The van der Waals surface area contributed by atoms with Gasteiger partial charge in [-0.2, -0.15) is 4.37 Å². The molecule has 62 valence electrons. The van der Waals surface area contributed by atoms with Crippen molar-refractivity contribution >= 4 is 37.7 Å². The van der Waals surface area contributed by atoms with Crippen LogP contribution in [0.15, 0.2) is 4.60 Å². The van der Waals surface area contributed by atoms with E-state index in [2.05, 4.69) is 30.3 Å². The summed E-state index contributed by atoms with van der Waals surface area (Å²) in [5, 5.41) is 1.03. The minimum Gasteiger partial charge on any atom is -0.226 e. The minimum atomic E-state index is 0.776. The lowest BCUT2D eigenvalue weighted by atomic mass is 10.3. The lowest BCUT2D eigenvalue weighted by Gasteiger charge is -1.94. The second kappa shape index (κ2) is 2.74. The quantitative estimate of drug-likeness (QED) is 0.668. The lowest BCUT2D eigenvalue weighted by molar-refractivity contribution is 1.08. The molecule has 3 nitrogen and oxygen atoms in total. The molecule has 2 aromatic heterocycles. The van der Waals surface area contributed by atoms with Crippen LogP contribution in [0.2, 0.25) is 0 Å². The number of rotatable bonds is 0. The molecule has 0 amide bonds. The average molecular weight is 244 g/mol. The average Bonchev–Trinajstić information content (AvgIpc) is 2.31. The molecule has 0 aliphatic heterocycles. The van der Waals surface area contributed by atoms with E-state index in [4.69, 9.17) is 0 Å². The number of halogens is 1. The van der Waals surface area contributed by atoms with Crippen molar-refractivity contribution in [3.8, 4) is 0 Å². The van der Waals surface area contributed by atoms with Crippen molar-refractivity contribution in [3.63, 3.8) is 0 Å². The normalized spacial score (nSPS) is 10.9. The van der Waals surface area contributed by atoms with Gasteiger partial charge in [0.05, 0.1) is 11.1 Å². The Kier molecular flexibility index (Phi) is 1.84. The molecular formula is C7H6BrN3S. The Morgan fingerprint density at radius 2 is 2.00 bits per heavy atom. The predicted octanol–water partition coefficient (Wildman–Crippen LogP) is 2.47. The summed E-state index contributed by atoms with van der Waals surface area (Å²) in [4.78, 5) is 9.43. The molecule has 5 heteroatoms. The molecule has 0 bridgehead atoms. The topological polar surface area (TPSA) is 38.7 Å². The molecule has 0 aliphatic carbocycles. The van der Waals surface area contributed by atoms with Crippen molar-refractivity contribution in [2.24, 2.45) is 0 Å². The van der Waals surface area contributed by atoms with E-state index in [9.17, 15) is 0 Å². The van der Waals surface area contributed by atoms with E-state index in [1.807, 2.05) is 13.8 Å². The second-order valence-corrected chi connectivity index (χ2v) is 4.01. The number of aromatic nitrogens is 3. The van der Waals surface area contributed by atoms with Gasteiger partial charge in [0.15, 0.2) is 0 Å². The van der Waals surface area contributed by atoms with E-state index >= 15 is 0 Å². The van der Waals surface area contributed by atoms with E-state index in [-0.39, 0.29) is 0 Å². The summed E-state index contributed by atoms with van der Waals surface area (Å²) in [6.07, 6.45) is 0. The van der Waals surface area contributed by atoms with Gasteiger partial charge < -0.3 is 0 Å². The summed E-state index contributed by atoms with van der Waals surface area (Å²) in [7, 11) is 0. The first kappa shape index (κ1) is 8.07. The maximum Gasteiger partial charge on any atom is 0.148 e. The van der Waals surface area contributed by atoms with Gasteiger partial charge in [0.1, 0.15) is 15.3 Å². The lowest BCUT2D eigenvalue weighted by Crippen LogP contribution is -1.87. The monoisotopic (exact) mass is 243 g/mol. The molecular weight excluding hydrogens is 238 g/mol. The Labute approximate surface area is 82.2 Å². The molecule has 0 atom stereocenters. The van der Waals surface area contributed by atoms with Crippen LogP contribution in [0, 0.1) is 13.8 Å². The highest BCUT2D eigenvalue weighted by Gasteiger charge is 2.08. The van der Waals surface area contributed by atoms with Crippen LogP contribution in [0.5, 0.6) is 0 Å². The smallest absolute Gasteiger partial charge is 0.148 e. The van der Waals surface area contributed by atoms with Crippen LogP contribution in [0.1, 0.15) is 11.5 Å². The zero-order chi connectivity index (χ0) is 8.72. The zero-order valence-corrected chi connectivity index (χ0v) is 9.03. The SMILES string of the molecule is Cc1nc(Br)c2c(C)nsc2n1. The van der Waals surface area contributed by atoms with Crippen LogP contribution in [0.4, 0.5) is 0 Å².